The van der Waals surface area contributed by atoms with Crippen molar-refractivity contribution in [2.45, 2.75) is 12.8 Å². The number of hydrogen-bond donors (Lipinski definition) is 1. The van der Waals surface area contributed by atoms with Crippen LogP contribution >= 0.6 is 0 Å². The highest BCUT2D eigenvalue weighted by molar-refractivity contribution is 5.97. The largest absolute Gasteiger partial charge is 0.507 e. The summed E-state index contributed by atoms with van der Waals surface area (Å²) in [6.45, 7) is 1.89. The normalized spacial score (nSPS) is 13.9. The molecule has 1 saturated heterocycles. The Hall–Kier alpha value is -3.33. The molecule has 0 atom stereocenters. The van der Waals surface area contributed by atoms with Gasteiger partial charge in [-0.2, -0.15) is 5.26 Å². The Bertz CT molecular complexity index is 863. The number of phenols is 1. The molecule has 2 aromatic rings. The molecular weight excluding hydrogens is 342 g/mol. The summed E-state index contributed by atoms with van der Waals surface area (Å²) in [6, 6.07) is 15.8. The van der Waals surface area contributed by atoms with Crippen molar-refractivity contribution in [1.82, 2.24) is 9.80 Å². The Kier molecular flexibility index (Phi) is 5.72. The van der Waals surface area contributed by atoms with Gasteiger partial charge in [-0.05, 0) is 36.2 Å². The summed E-state index contributed by atoms with van der Waals surface area (Å²) >= 11 is 0. The predicted octanol–water partition coefficient (Wildman–Crippen LogP) is 2.18. The molecule has 0 aromatic heterocycles. The fourth-order valence-corrected chi connectivity index (χ4v) is 3.14. The van der Waals surface area contributed by atoms with E-state index in [1.807, 2.05) is 12.1 Å². The van der Waals surface area contributed by atoms with Gasteiger partial charge >= 0.3 is 0 Å². The third-order valence-electron chi connectivity index (χ3n) is 4.76. The predicted molar refractivity (Wildman–Crippen MR) is 100 cm³/mol. The van der Waals surface area contributed by atoms with Crippen molar-refractivity contribution >= 4 is 11.8 Å². The summed E-state index contributed by atoms with van der Waals surface area (Å²) in [7, 11) is 0. The number of nitriles is 1. The number of phenolic OH excluding ortho intramolecular Hbond substituents is 1. The number of amides is 2. The van der Waals surface area contributed by atoms with Crippen LogP contribution in [0.15, 0.2) is 48.5 Å². The van der Waals surface area contributed by atoms with Crippen molar-refractivity contribution in [1.29, 1.82) is 5.26 Å². The fraction of sp³-hybridized carbons (Fsp3) is 0.286. The van der Waals surface area contributed by atoms with E-state index in [4.69, 9.17) is 5.26 Å². The summed E-state index contributed by atoms with van der Waals surface area (Å²) in [6.07, 6.45) is 1.03. The van der Waals surface area contributed by atoms with Crippen molar-refractivity contribution in [2.75, 3.05) is 26.2 Å². The fourth-order valence-electron chi connectivity index (χ4n) is 3.14. The molecule has 6 nitrogen and oxygen atoms in total. The van der Waals surface area contributed by atoms with Crippen LogP contribution in [0.1, 0.15) is 27.9 Å². The Labute approximate surface area is 158 Å². The van der Waals surface area contributed by atoms with Gasteiger partial charge in [0.25, 0.3) is 5.91 Å². The van der Waals surface area contributed by atoms with Crippen LogP contribution in [0.2, 0.25) is 0 Å². The minimum atomic E-state index is -0.210. The van der Waals surface area contributed by atoms with Crippen molar-refractivity contribution < 1.29 is 14.7 Å². The van der Waals surface area contributed by atoms with E-state index in [2.05, 4.69) is 6.07 Å². The van der Waals surface area contributed by atoms with Crippen molar-refractivity contribution in [2.24, 2.45) is 0 Å². The third kappa shape index (κ3) is 4.45. The summed E-state index contributed by atoms with van der Waals surface area (Å²) in [5, 5.41) is 18.6. The van der Waals surface area contributed by atoms with E-state index in [9.17, 15) is 14.7 Å². The van der Waals surface area contributed by atoms with Crippen LogP contribution < -0.4 is 0 Å². The number of benzene rings is 2. The molecule has 138 valence electrons. The standard InChI is InChI=1S/C21H21N3O3/c22-15-17-7-5-16(6-8-17)9-10-20(26)23-11-13-24(14-12-23)21(27)18-3-1-2-4-19(18)25/h1-8,25H,9-14H2. The molecule has 1 fully saturated rings. The first kappa shape index (κ1) is 18.5. The highest BCUT2D eigenvalue weighted by Gasteiger charge is 2.25. The second-order valence-corrected chi connectivity index (χ2v) is 6.50. The molecule has 27 heavy (non-hydrogen) atoms. The Morgan fingerprint density at radius 1 is 0.963 bits per heavy atom. The van der Waals surface area contributed by atoms with Crippen molar-refractivity contribution in [3.63, 3.8) is 0 Å². The third-order valence-corrected chi connectivity index (χ3v) is 4.76. The molecule has 0 saturated carbocycles. The molecule has 6 heteroatoms. The first-order valence-electron chi connectivity index (χ1n) is 8.92. The minimum absolute atomic E-state index is 0.0246. The van der Waals surface area contributed by atoms with Crippen LogP contribution in [0.5, 0.6) is 5.75 Å². The van der Waals surface area contributed by atoms with E-state index >= 15 is 0 Å². The monoisotopic (exact) mass is 363 g/mol. The number of aromatic hydroxyl groups is 1. The zero-order valence-corrected chi connectivity index (χ0v) is 15.0. The van der Waals surface area contributed by atoms with Gasteiger partial charge in [0.05, 0.1) is 17.2 Å². The summed E-state index contributed by atoms with van der Waals surface area (Å²) < 4.78 is 0. The summed E-state index contributed by atoms with van der Waals surface area (Å²) in [4.78, 5) is 28.4. The van der Waals surface area contributed by atoms with Gasteiger partial charge in [0.2, 0.25) is 5.91 Å². The van der Waals surface area contributed by atoms with Gasteiger partial charge in [-0.15, -0.1) is 0 Å². The lowest BCUT2D eigenvalue weighted by molar-refractivity contribution is -0.132. The smallest absolute Gasteiger partial charge is 0.257 e. The molecular formula is C21H21N3O3. The van der Waals surface area contributed by atoms with E-state index in [1.165, 1.54) is 6.07 Å². The van der Waals surface area contributed by atoms with Gasteiger partial charge < -0.3 is 14.9 Å². The van der Waals surface area contributed by atoms with E-state index in [-0.39, 0.29) is 23.1 Å². The molecule has 2 aromatic carbocycles. The first-order valence-corrected chi connectivity index (χ1v) is 8.92. The lowest BCUT2D eigenvalue weighted by atomic mass is 10.1. The molecule has 3 rings (SSSR count). The molecule has 0 aliphatic carbocycles. The lowest BCUT2D eigenvalue weighted by Gasteiger charge is -2.35. The highest BCUT2D eigenvalue weighted by atomic mass is 16.3. The zero-order valence-electron chi connectivity index (χ0n) is 15.0. The van der Waals surface area contributed by atoms with Gasteiger partial charge in [-0.1, -0.05) is 24.3 Å². The van der Waals surface area contributed by atoms with E-state index in [0.29, 0.717) is 44.6 Å². The van der Waals surface area contributed by atoms with Gasteiger partial charge in [-0.3, -0.25) is 9.59 Å². The van der Waals surface area contributed by atoms with Crippen LogP contribution in [0.4, 0.5) is 0 Å². The Balaban J connectivity index is 1.49. The van der Waals surface area contributed by atoms with Crippen LogP contribution in [-0.2, 0) is 11.2 Å². The lowest BCUT2D eigenvalue weighted by Crippen LogP contribution is -2.50. The number of carbonyl (C=O) groups excluding carboxylic acids is 2. The average molecular weight is 363 g/mol. The number of para-hydroxylation sites is 1. The molecule has 2 amide bonds. The number of piperazine rings is 1. The number of carbonyl (C=O) groups is 2. The van der Waals surface area contributed by atoms with Gasteiger partial charge in [0.15, 0.2) is 0 Å². The Morgan fingerprint density at radius 3 is 2.22 bits per heavy atom. The number of rotatable bonds is 4. The number of aryl methyl sites for hydroxylation is 1. The molecule has 1 N–H and O–H groups in total. The molecule has 1 aliphatic rings. The van der Waals surface area contributed by atoms with Crippen LogP contribution in [0.3, 0.4) is 0 Å². The summed E-state index contributed by atoms with van der Waals surface area (Å²) in [5.74, 6) is -0.171. The highest BCUT2D eigenvalue weighted by Crippen LogP contribution is 2.19. The van der Waals surface area contributed by atoms with E-state index in [1.54, 1.807) is 40.1 Å². The SMILES string of the molecule is N#Cc1ccc(CCC(=O)N2CCN(C(=O)c3ccccc3O)CC2)cc1. The molecule has 0 bridgehead atoms. The first-order chi connectivity index (χ1) is 13.1. The van der Waals surface area contributed by atoms with Crippen LogP contribution in [0.25, 0.3) is 0 Å². The maximum Gasteiger partial charge on any atom is 0.257 e. The molecule has 0 radical (unpaired) electrons. The number of hydrogen-bond acceptors (Lipinski definition) is 4. The molecule has 1 heterocycles. The van der Waals surface area contributed by atoms with E-state index < -0.39 is 0 Å². The van der Waals surface area contributed by atoms with Crippen molar-refractivity contribution in [3.05, 3.63) is 65.2 Å². The second kappa shape index (κ2) is 8.37. The minimum Gasteiger partial charge on any atom is -0.507 e. The summed E-state index contributed by atoms with van der Waals surface area (Å²) in [5.41, 5.74) is 1.92. The quantitative estimate of drug-likeness (QED) is 0.902. The zero-order chi connectivity index (χ0) is 19.2. The van der Waals surface area contributed by atoms with Gasteiger partial charge in [-0.25, -0.2) is 0 Å². The Morgan fingerprint density at radius 2 is 1.59 bits per heavy atom. The molecule has 0 spiro atoms. The average Bonchev–Trinajstić information content (AvgIpc) is 2.72. The maximum absolute atomic E-state index is 12.5. The molecule has 0 unspecified atom stereocenters. The topological polar surface area (TPSA) is 84.6 Å². The second-order valence-electron chi connectivity index (χ2n) is 6.50. The van der Waals surface area contributed by atoms with Gasteiger partial charge in [0.1, 0.15) is 5.75 Å². The van der Waals surface area contributed by atoms with Crippen molar-refractivity contribution in [3.8, 4) is 11.8 Å². The maximum atomic E-state index is 12.5. The van der Waals surface area contributed by atoms with E-state index in [0.717, 1.165) is 5.56 Å². The number of nitrogens with zero attached hydrogens (tertiary/aromatic N) is 3. The van der Waals surface area contributed by atoms with Crippen LogP contribution in [0, 0.1) is 11.3 Å². The van der Waals surface area contributed by atoms with Gasteiger partial charge in [0, 0.05) is 32.6 Å². The van der Waals surface area contributed by atoms with Crippen LogP contribution in [-0.4, -0.2) is 52.9 Å². The molecule has 1 aliphatic heterocycles.